The van der Waals surface area contributed by atoms with Gasteiger partial charge in [-0.3, -0.25) is 9.97 Å². The topological polar surface area (TPSA) is 53.9 Å². The van der Waals surface area contributed by atoms with Crippen molar-refractivity contribution in [2.75, 3.05) is 0 Å². The average molecular weight is 334 g/mol. The molecule has 0 atom stereocenters. The molecule has 0 amide bonds. The first-order valence-electron chi connectivity index (χ1n) is 7.92. The molecule has 3 aromatic rings. The van der Waals surface area contributed by atoms with E-state index in [4.69, 9.17) is 6.57 Å². The molecule has 2 aromatic heterocycles. The van der Waals surface area contributed by atoms with Crippen LogP contribution in [0.1, 0.15) is 27.8 Å². The van der Waals surface area contributed by atoms with Gasteiger partial charge in [-0.05, 0) is 58.7 Å². The van der Waals surface area contributed by atoms with Crippen molar-refractivity contribution in [1.82, 2.24) is 9.97 Å². The molecule has 0 aliphatic heterocycles. The molecule has 0 aliphatic carbocycles. The molecule has 122 valence electrons. The summed E-state index contributed by atoms with van der Waals surface area (Å²) < 4.78 is 0. The van der Waals surface area contributed by atoms with E-state index < -0.39 is 0 Å². The zero-order chi connectivity index (χ0) is 18.2. The molecule has 0 aliphatic rings. The Kier molecular flexibility index (Phi) is 5.30. The molecule has 26 heavy (non-hydrogen) atoms. The van der Waals surface area contributed by atoms with Gasteiger partial charge in [0.05, 0.1) is 18.2 Å². The highest BCUT2D eigenvalue weighted by Crippen LogP contribution is 2.27. The zero-order valence-corrected chi connectivity index (χ0v) is 13.9. The van der Waals surface area contributed by atoms with Crippen molar-refractivity contribution < 1.29 is 0 Å². The lowest BCUT2D eigenvalue weighted by Gasteiger charge is -2.04. The molecule has 0 bridgehead atoms. The van der Waals surface area contributed by atoms with Gasteiger partial charge in [0.25, 0.3) is 0 Å². The van der Waals surface area contributed by atoms with E-state index in [0.717, 1.165) is 22.3 Å². The van der Waals surface area contributed by atoms with Gasteiger partial charge in [0, 0.05) is 24.8 Å². The first-order chi connectivity index (χ1) is 12.8. The second kappa shape index (κ2) is 8.19. The van der Waals surface area contributed by atoms with Gasteiger partial charge in [-0.15, -0.1) is 0 Å². The SMILES string of the molecule is [C-]#[N+]c1cc(/C=C/c2ccncc2)c(C#N)cc1/C=C/c1ccncc1. The standard InChI is InChI=1S/C22H14N4/c1-24-22-15-19(4-2-17-6-10-25-11-7-17)21(16-23)14-20(22)5-3-18-8-12-26-13-9-18/h2-15H/b4-2+,5-3+. The van der Waals surface area contributed by atoms with Crippen LogP contribution in [0.2, 0.25) is 0 Å². The summed E-state index contributed by atoms with van der Waals surface area (Å²) in [6.07, 6.45) is 14.3. The van der Waals surface area contributed by atoms with E-state index in [0.29, 0.717) is 11.3 Å². The Balaban J connectivity index is 1.96. The van der Waals surface area contributed by atoms with Crippen LogP contribution in [0, 0.1) is 17.9 Å². The van der Waals surface area contributed by atoms with Crippen LogP contribution < -0.4 is 0 Å². The number of aromatic nitrogens is 2. The van der Waals surface area contributed by atoms with Crippen molar-refractivity contribution in [3.8, 4) is 6.07 Å². The fourth-order valence-corrected chi connectivity index (χ4v) is 2.41. The van der Waals surface area contributed by atoms with Crippen LogP contribution >= 0.6 is 0 Å². The number of hydrogen-bond donors (Lipinski definition) is 0. The summed E-state index contributed by atoms with van der Waals surface area (Å²) in [7, 11) is 0. The molecule has 4 nitrogen and oxygen atoms in total. The van der Waals surface area contributed by atoms with E-state index in [2.05, 4.69) is 20.9 Å². The van der Waals surface area contributed by atoms with Crippen LogP contribution in [0.3, 0.4) is 0 Å². The molecular formula is C22H14N4. The van der Waals surface area contributed by atoms with Crippen molar-refractivity contribution in [2.24, 2.45) is 0 Å². The summed E-state index contributed by atoms with van der Waals surface area (Å²) in [5, 5.41) is 9.49. The molecule has 0 fully saturated rings. The van der Waals surface area contributed by atoms with Gasteiger partial charge < -0.3 is 0 Å². The Hall–Kier alpha value is -4.02. The second-order valence-corrected chi connectivity index (χ2v) is 5.45. The van der Waals surface area contributed by atoms with Gasteiger partial charge in [-0.2, -0.15) is 5.26 Å². The second-order valence-electron chi connectivity index (χ2n) is 5.45. The van der Waals surface area contributed by atoms with Crippen LogP contribution in [0.5, 0.6) is 0 Å². The summed E-state index contributed by atoms with van der Waals surface area (Å²) in [5.74, 6) is 0. The van der Waals surface area contributed by atoms with Gasteiger partial charge in [0.2, 0.25) is 0 Å². The highest BCUT2D eigenvalue weighted by molar-refractivity contribution is 5.82. The van der Waals surface area contributed by atoms with E-state index in [1.165, 1.54) is 0 Å². The third kappa shape index (κ3) is 4.08. The highest BCUT2D eigenvalue weighted by atomic mass is 14.6. The molecular weight excluding hydrogens is 320 g/mol. The molecule has 4 heteroatoms. The molecule has 0 unspecified atom stereocenters. The molecule has 0 saturated heterocycles. The minimum Gasteiger partial charge on any atom is -0.265 e. The van der Waals surface area contributed by atoms with E-state index >= 15 is 0 Å². The van der Waals surface area contributed by atoms with Crippen LogP contribution in [0.25, 0.3) is 29.1 Å². The highest BCUT2D eigenvalue weighted by Gasteiger charge is 2.06. The minimum absolute atomic E-state index is 0.503. The van der Waals surface area contributed by atoms with Crippen LogP contribution in [0.4, 0.5) is 5.69 Å². The Labute approximate surface area is 152 Å². The smallest absolute Gasteiger partial charge is 0.194 e. The third-order valence-corrected chi connectivity index (χ3v) is 3.76. The maximum Gasteiger partial charge on any atom is 0.194 e. The molecule has 0 spiro atoms. The van der Waals surface area contributed by atoms with Gasteiger partial charge in [-0.25, -0.2) is 4.85 Å². The van der Waals surface area contributed by atoms with Crippen molar-refractivity contribution in [1.29, 1.82) is 5.26 Å². The quantitative estimate of drug-likeness (QED) is 0.613. The number of benzene rings is 1. The average Bonchev–Trinajstić information content (AvgIpc) is 2.72. The maximum atomic E-state index is 9.49. The number of hydrogen-bond acceptors (Lipinski definition) is 3. The zero-order valence-electron chi connectivity index (χ0n) is 13.9. The van der Waals surface area contributed by atoms with Gasteiger partial charge in [0.1, 0.15) is 0 Å². The maximum absolute atomic E-state index is 9.49. The molecule has 1 aromatic carbocycles. The summed E-state index contributed by atoms with van der Waals surface area (Å²) in [4.78, 5) is 11.6. The Morgan fingerprint density at radius 1 is 0.808 bits per heavy atom. The predicted molar refractivity (Wildman–Crippen MR) is 104 cm³/mol. The summed E-state index contributed by atoms with van der Waals surface area (Å²) in [6.45, 7) is 7.45. The van der Waals surface area contributed by atoms with Crippen molar-refractivity contribution in [3.63, 3.8) is 0 Å². The van der Waals surface area contributed by atoms with Crippen molar-refractivity contribution in [3.05, 3.63) is 100 Å². The predicted octanol–water partition coefficient (Wildman–Crippen LogP) is 5.24. The Morgan fingerprint density at radius 3 is 1.85 bits per heavy atom. The van der Waals surface area contributed by atoms with E-state index in [1.807, 2.05) is 48.6 Å². The van der Waals surface area contributed by atoms with Crippen molar-refractivity contribution in [2.45, 2.75) is 0 Å². The first kappa shape index (κ1) is 16.8. The molecule has 0 radical (unpaired) electrons. The summed E-state index contributed by atoms with van der Waals surface area (Å²) in [6, 6.07) is 13.2. The Bertz CT molecular complexity index is 950. The molecule has 0 saturated carbocycles. The van der Waals surface area contributed by atoms with E-state index in [1.54, 1.807) is 36.9 Å². The summed E-state index contributed by atoms with van der Waals surface area (Å²) in [5.41, 5.74) is 4.43. The lowest BCUT2D eigenvalue weighted by Crippen LogP contribution is -1.85. The van der Waals surface area contributed by atoms with E-state index in [9.17, 15) is 5.26 Å². The molecule has 3 rings (SSSR count). The molecule has 0 N–H and O–H groups in total. The monoisotopic (exact) mass is 334 g/mol. The number of nitrogens with zero attached hydrogens (tertiary/aromatic N) is 4. The van der Waals surface area contributed by atoms with Crippen LogP contribution in [-0.2, 0) is 0 Å². The lowest BCUT2D eigenvalue weighted by atomic mass is 10.0. The number of rotatable bonds is 4. The number of pyridine rings is 2. The lowest BCUT2D eigenvalue weighted by molar-refractivity contribution is 1.32. The third-order valence-electron chi connectivity index (χ3n) is 3.76. The van der Waals surface area contributed by atoms with Crippen molar-refractivity contribution >= 4 is 30.0 Å². The van der Waals surface area contributed by atoms with Gasteiger partial charge >= 0.3 is 0 Å². The van der Waals surface area contributed by atoms with Gasteiger partial charge in [0.15, 0.2) is 5.69 Å². The minimum atomic E-state index is 0.503. The molecule has 2 heterocycles. The fourth-order valence-electron chi connectivity index (χ4n) is 2.41. The Morgan fingerprint density at radius 2 is 1.35 bits per heavy atom. The van der Waals surface area contributed by atoms with Gasteiger partial charge in [-0.1, -0.05) is 24.3 Å². The fraction of sp³-hybridized carbons (Fsp3) is 0. The normalized spacial score (nSPS) is 10.7. The van der Waals surface area contributed by atoms with E-state index in [-0.39, 0.29) is 0 Å². The number of nitriles is 1. The largest absolute Gasteiger partial charge is 0.265 e. The first-order valence-corrected chi connectivity index (χ1v) is 7.92. The van der Waals surface area contributed by atoms with Crippen LogP contribution in [0.15, 0.2) is 61.2 Å². The summed E-state index contributed by atoms with van der Waals surface area (Å²) >= 11 is 0. The van der Waals surface area contributed by atoms with Crippen LogP contribution in [-0.4, -0.2) is 9.97 Å².